The zero-order valence-electron chi connectivity index (χ0n) is 11.8. The Balaban J connectivity index is 2.01. The molecule has 0 spiro atoms. The van der Waals surface area contributed by atoms with Crippen LogP contribution in [0.4, 0.5) is 4.39 Å². The van der Waals surface area contributed by atoms with Crippen molar-refractivity contribution in [1.82, 2.24) is 5.32 Å². The molecule has 0 fully saturated rings. The second-order valence-corrected chi connectivity index (χ2v) is 6.03. The highest BCUT2D eigenvalue weighted by Gasteiger charge is 2.19. The SMILES string of the molecule is CCNC(c1ccc2c(c1)COC2)c1ccc(F)cc1Br. The number of halogens is 2. The molecule has 0 saturated heterocycles. The van der Waals surface area contributed by atoms with Crippen LogP contribution < -0.4 is 5.32 Å². The Morgan fingerprint density at radius 3 is 2.76 bits per heavy atom. The average Bonchev–Trinajstić information content (AvgIpc) is 2.93. The van der Waals surface area contributed by atoms with E-state index >= 15 is 0 Å². The van der Waals surface area contributed by atoms with Crippen LogP contribution in [0, 0.1) is 5.82 Å². The van der Waals surface area contributed by atoms with E-state index in [0.29, 0.717) is 13.2 Å². The van der Waals surface area contributed by atoms with Crippen LogP contribution in [0.15, 0.2) is 40.9 Å². The zero-order chi connectivity index (χ0) is 14.8. The van der Waals surface area contributed by atoms with Gasteiger partial charge >= 0.3 is 0 Å². The summed E-state index contributed by atoms with van der Waals surface area (Å²) in [6.45, 7) is 4.28. The maximum Gasteiger partial charge on any atom is 0.124 e. The normalized spacial score (nSPS) is 15.0. The lowest BCUT2D eigenvalue weighted by Gasteiger charge is -2.21. The number of ether oxygens (including phenoxy) is 1. The fraction of sp³-hybridized carbons (Fsp3) is 0.294. The number of hydrogen-bond acceptors (Lipinski definition) is 2. The summed E-state index contributed by atoms with van der Waals surface area (Å²) < 4.78 is 19.6. The molecule has 1 N–H and O–H groups in total. The highest BCUT2D eigenvalue weighted by atomic mass is 79.9. The molecule has 0 amide bonds. The molecule has 4 heteroatoms. The van der Waals surface area contributed by atoms with E-state index in [1.54, 1.807) is 0 Å². The van der Waals surface area contributed by atoms with Gasteiger partial charge in [0.15, 0.2) is 0 Å². The van der Waals surface area contributed by atoms with Gasteiger partial charge in [-0.3, -0.25) is 0 Å². The van der Waals surface area contributed by atoms with E-state index in [1.165, 1.54) is 28.8 Å². The minimum atomic E-state index is -0.233. The van der Waals surface area contributed by atoms with Crippen molar-refractivity contribution in [3.05, 3.63) is 68.9 Å². The first kappa shape index (κ1) is 14.7. The number of nitrogens with one attached hydrogen (secondary N) is 1. The van der Waals surface area contributed by atoms with Gasteiger partial charge in [0.05, 0.1) is 19.3 Å². The third-order valence-electron chi connectivity index (χ3n) is 3.76. The van der Waals surface area contributed by atoms with Gasteiger partial charge < -0.3 is 10.1 Å². The maximum atomic E-state index is 13.3. The van der Waals surface area contributed by atoms with Gasteiger partial charge in [0.2, 0.25) is 0 Å². The highest BCUT2D eigenvalue weighted by molar-refractivity contribution is 9.10. The van der Waals surface area contributed by atoms with Crippen LogP contribution >= 0.6 is 15.9 Å². The molecular formula is C17H17BrFNO. The van der Waals surface area contributed by atoms with Crippen LogP contribution in [0.2, 0.25) is 0 Å². The standard InChI is InChI=1S/C17H17BrFNO/c1-2-20-17(15-6-5-14(19)8-16(15)18)11-3-4-12-9-21-10-13(12)7-11/h3-8,17,20H,2,9-10H2,1H3. The van der Waals surface area contributed by atoms with Gasteiger partial charge in [-0.25, -0.2) is 4.39 Å². The topological polar surface area (TPSA) is 21.3 Å². The predicted molar refractivity (Wildman–Crippen MR) is 84.6 cm³/mol. The molecule has 1 heterocycles. The first-order valence-electron chi connectivity index (χ1n) is 7.07. The predicted octanol–water partition coefficient (Wildman–Crippen LogP) is 4.32. The van der Waals surface area contributed by atoms with Gasteiger partial charge in [-0.15, -0.1) is 0 Å². The smallest absolute Gasteiger partial charge is 0.124 e. The van der Waals surface area contributed by atoms with Crippen LogP contribution in [0.5, 0.6) is 0 Å². The summed E-state index contributed by atoms with van der Waals surface area (Å²) in [6.07, 6.45) is 0. The molecule has 2 aromatic carbocycles. The monoisotopic (exact) mass is 349 g/mol. The first-order valence-corrected chi connectivity index (χ1v) is 7.86. The van der Waals surface area contributed by atoms with Crippen LogP contribution in [0.1, 0.15) is 35.2 Å². The Morgan fingerprint density at radius 1 is 1.19 bits per heavy atom. The second-order valence-electron chi connectivity index (χ2n) is 5.18. The van der Waals surface area contributed by atoms with Gasteiger partial charge in [-0.1, -0.05) is 47.1 Å². The molecule has 110 valence electrons. The Kier molecular flexibility index (Phi) is 4.38. The molecule has 3 rings (SSSR count). The van der Waals surface area contributed by atoms with E-state index in [9.17, 15) is 4.39 Å². The van der Waals surface area contributed by atoms with Crippen molar-refractivity contribution < 1.29 is 9.13 Å². The summed E-state index contributed by atoms with van der Waals surface area (Å²) >= 11 is 3.47. The first-order chi connectivity index (χ1) is 10.2. The Labute approximate surface area is 132 Å². The van der Waals surface area contributed by atoms with Crippen LogP contribution in [-0.4, -0.2) is 6.54 Å². The lowest BCUT2D eigenvalue weighted by Crippen LogP contribution is -2.22. The van der Waals surface area contributed by atoms with Crippen LogP contribution in [-0.2, 0) is 18.0 Å². The molecule has 1 unspecified atom stereocenters. The van der Waals surface area contributed by atoms with Crippen molar-refractivity contribution in [2.24, 2.45) is 0 Å². The van der Waals surface area contributed by atoms with Gasteiger partial charge in [-0.2, -0.15) is 0 Å². The molecule has 2 aromatic rings. The van der Waals surface area contributed by atoms with Crippen molar-refractivity contribution in [3.8, 4) is 0 Å². The van der Waals surface area contributed by atoms with Crippen LogP contribution in [0.25, 0.3) is 0 Å². The van der Waals surface area contributed by atoms with Crippen molar-refractivity contribution in [2.75, 3.05) is 6.54 Å². The molecule has 1 aliphatic rings. The summed E-state index contributed by atoms with van der Waals surface area (Å²) in [5.74, 6) is -0.233. The maximum absolute atomic E-state index is 13.3. The van der Waals surface area contributed by atoms with E-state index in [4.69, 9.17) is 4.74 Å². The Bertz CT molecular complexity index is 659. The number of hydrogen-bond donors (Lipinski definition) is 1. The van der Waals surface area contributed by atoms with Crippen molar-refractivity contribution >= 4 is 15.9 Å². The summed E-state index contributed by atoms with van der Waals surface area (Å²) in [5, 5.41) is 3.47. The van der Waals surface area contributed by atoms with Crippen molar-refractivity contribution in [3.63, 3.8) is 0 Å². The minimum Gasteiger partial charge on any atom is -0.372 e. The van der Waals surface area contributed by atoms with Gasteiger partial charge in [0, 0.05) is 4.47 Å². The third kappa shape index (κ3) is 3.03. The van der Waals surface area contributed by atoms with Crippen LogP contribution in [0.3, 0.4) is 0 Å². The summed E-state index contributed by atoms with van der Waals surface area (Å²) in [7, 11) is 0. The Hall–Kier alpha value is -1.23. The number of fused-ring (bicyclic) bond motifs is 1. The fourth-order valence-electron chi connectivity index (χ4n) is 2.72. The van der Waals surface area contributed by atoms with E-state index in [1.807, 2.05) is 6.07 Å². The van der Waals surface area contributed by atoms with Crippen molar-refractivity contribution in [2.45, 2.75) is 26.2 Å². The third-order valence-corrected chi connectivity index (χ3v) is 4.45. The molecule has 1 aliphatic heterocycles. The van der Waals surface area contributed by atoms with E-state index in [-0.39, 0.29) is 11.9 Å². The summed E-state index contributed by atoms with van der Waals surface area (Å²) in [5.41, 5.74) is 4.71. The van der Waals surface area contributed by atoms with E-state index < -0.39 is 0 Å². The minimum absolute atomic E-state index is 0.0378. The lowest BCUT2D eigenvalue weighted by atomic mass is 9.95. The molecule has 0 aromatic heterocycles. The number of benzene rings is 2. The molecule has 0 saturated carbocycles. The number of rotatable bonds is 4. The van der Waals surface area contributed by atoms with E-state index in [0.717, 1.165) is 16.6 Å². The molecular weight excluding hydrogens is 333 g/mol. The van der Waals surface area contributed by atoms with Crippen molar-refractivity contribution in [1.29, 1.82) is 0 Å². The van der Waals surface area contributed by atoms with Gasteiger partial charge in [-0.05, 0) is 40.9 Å². The highest BCUT2D eigenvalue weighted by Crippen LogP contribution is 2.31. The average molecular weight is 350 g/mol. The zero-order valence-corrected chi connectivity index (χ0v) is 13.4. The summed E-state index contributed by atoms with van der Waals surface area (Å²) in [6, 6.07) is 11.3. The molecule has 21 heavy (non-hydrogen) atoms. The molecule has 1 atom stereocenters. The Morgan fingerprint density at radius 2 is 2.00 bits per heavy atom. The van der Waals surface area contributed by atoms with Gasteiger partial charge in [0.1, 0.15) is 5.82 Å². The lowest BCUT2D eigenvalue weighted by molar-refractivity contribution is 0.134. The molecule has 2 nitrogen and oxygen atoms in total. The quantitative estimate of drug-likeness (QED) is 0.887. The second kappa shape index (κ2) is 6.26. The largest absolute Gasteiger partial charge is 0.372 e. The van der Waals surface area contributed by atoms with E-state index in [2.05, 4.69) is 46.4 Å². The van der Waals surface area contributed by atoms with Gasteiger partial charge in [0.25, 0.3) is 0 Å². The molecule has 0 radical (unpaired) electrons. The molecule has 0 aliphatic carbocycles. The fourth-order valence-corrected chi connectivity index (χ4v) is 3.30. The summed E-state index contributed by atoms with van der Waals surface area (Å²) in [4.78, 5) is 0. The molecule has 0 bridgehead atoms.